The molecule has 0 aliphatic carbocycles. The Morgan fingerprint density at radius 3 is 2.85 bits per heavy atom. The Hall–Kier alpha value is -0.910. The number of rotatable bonds is 2. The first kappa shape index (κ1) is 14.0. The van der Waals surface area contributed by atoms with Gasteiger partial charge in [-0.2, -0.15) is 5.10 Å². The van der Waals surface area contributed by atoms with E-state index in [0.29, 0.717) is 16.1 Å². The molecule has 0 saturated carbocycles. The molecule has 0 unspecified atom stereocenters. The van der Waals surface area contributed by atoms with Crippen molar-refractivity contribution in [1.29, 1.82) is 0 Å². The first-order valence-electron chi connectivity index (χ1n) is 6.51. The third-order valence-electron chi connectivity index (χ3n) is 3.80. The molecule has 3 heterocycles. The molecule has 1 aliphatic rings. The Bertz CT molecular complexity index is 648. The number of nitrogens with zero attached hydrogens (tertiary/aromatic N) is 3. The van der Waals surface area contributed by atoms with Gasteiger partial charge in [0.2, 0.25) is 0 Å². The molecule has 1 aliphatic heterocycles. The Balaban J connectivity index is 2.07. The van der Waals surface area contributed by atoms with E-state index in [4.69, 9.17) is 27.9 Å². The van der Waals surface area contributed by atoms with Crippen molar-refractivity contribution < 1.29 is 9.13 Å². The molecule has 2 aromatic heterocycles. The smallest absolute Gasteiger partial charge is 0.184 e. The van der Waals surface area contributed by atoms with Crippen LogP contribution < -0.4 is 0 Å². The van der Waals surface area contributed by atoms with E-state index in [-0.39, 0.29) is 17.2 Å². The highest BCUT2D eigenvalue weighted by atomic mass is 35.5. The molecule has 1 saturated heterocycles. The predicted molar refractivity (Wildman–Crippen MR) is 75.8 cm³/mol. The van der Waals surface area contributed by atoms with Crippen LogP contribution in [-0.2, 0) is 4.74 Å². The second kappa shape index (κ2) is 5.13. The number of alkyl halides is 1. The maximum atomic E-state index is 14.4. The van der Waals surface area contributed by atoms with Crippen LogP contribution in [0, 0.1) is 5.92 Å². The zero-order valence-corrected chi connectivity index (χ0v) is 12.6. The standard InChI is InChI=1S/C13H14Cl2FN3O/c1-3-9-6(2)11(16)13(20-9)19-12-7(5-17-19)8(14)4-10(15)18-12/h4-6,9,11,13H,3H2,1-2H3/t6-,9-,11+,13-/m1/s1. The summed E-state index contributed by atoms with van der Waals surface area (Å²) in [6.45, 7) is 3.82. The topological polar surface area (TPSA) is 39.9 Å². The molecule has 3 rings (SSSR count). The minimum atomic E-state index is -1.14. The number of pyridine rings is 1. The minimum absolute atomic E-state index is 0.121. The molecule has 4 nitrogen and oxygen atoms in total. The lowest BCUT2D eigenvalue weighted by molar-refractivity contribution is -0.0256. The number of ether oxygens (including phenoxy) is 1. The maximum Gasteiger partial charge on any atom is 0.184 e. The summed E-state index contributed by atoms with van der Waals surface area (Å²) < 4.78 is 21.6. The van der Waals surface area contributed by atoms with E-state index in [1.165, 1.54) is 10.7 Å². The van der Waals surface area contributed by atoms with Gasteiger partial charge < -0.3 is 4.74 Å². The van der Waals surface area contributed by atoms with Crippen LogP contribution in [0.5, 0.6) is 0 Å². The van der Waals surface area contributed by atoms with Crippen LogP contribution in [0.25, 0.3) is 11.0 Å². The molecular formula is C13H14Cl2FN3O. The van der Waals surface area contributed by atoms with Gasteiger partial charge in [-0.3, -0.25) is 0 Å². The van der Waals surface area contributed by atoms with Gasteiger partial charge in [-0.25, -0.2) is 14.1 Å². The van der Waals surface area contributed by atoms with E-state index in [0.717, 1.165) is 6.42 Å². The van der Waals surface area contributed by atoms with E-state index in [1.54, 1.807) is 6.20 Å². The number of hydrogen-bond acceptors (Lipinski definition) is 3. The second-order valence-corrected chi connectivity index (χ2v) is 5.82. The van der Waals surface area contributed by atoms with Crippen molar-refractivity contribution in [3.8, 4) is 0 Å². The van der Waals surface area contributed by atoms with E-state index in [2.05, 4.69) is 10.1 Å². The Kier molecular flexibility index (Phi) is 3.60. The lowest BCUT2D eigenvalue weighted by atomic mass is 10.00. The molecule has 7 heteroatoms. The monoisotopic (exact) mass is 317 g/mol. The first-order valence-corrected chi connectivity index (χ1v) is 7.27. The molecule has 4 atom stereocenters. The van der Waals surface area contributed by atoms with Gasteiger partial charge in [-0.05, 0) is 12.5 Å². The van der Waals surface area contributed by atoms with E-state index in [9.17, 15) is 4.39 Å². The molecule has 2 aromatic rings. The average molecular weight is 318 g/mol. The van der Waals surface area contributed by atoms with E-state index < -0.39 is 12.4 Å². The normalized spacial score (nSPS) is 30.2. The van der Waals surface area contributed by atoms with Gasteiger partial charge in [0.25, 0.3) is 0 Å². The Morgan fingerprint density at radius 2 is 2.20 bits per heavy atom. The minimum Gasteiger partial charge on any atom is -0.350 e. The summed E-state index contributed by atoms with van der Waals surface area (Å²) in [6, 6.07) is 1.54. The van der Waals surface area contributed by atoms with Crippen LogP contribution in [0.4, 0.5) is 4.39 Å². The quantitative estimate of drug-likeness (QED) is 0.785. The van der Waals surface area contributed by atoms with Crippen molar-refractivity contribution in [1.82, 2.24) is 14.8 Å². The summed E-state index contributed by atoms with van der Waals surface area (Å²) in [5, 5.41) is 5.51. The molecule has 0 spiro atoms. The van der Waals surface area contributed by atoms with E-state index >= 15 is 0 Å². The van der Waals surface area contributed by atoms with Crippen molar-refractivity contribution in [3.63, 3.8) is 0 Å². The molecule has 0 radical (unpaired) electrons. The first-order chi connectivity index (χ1) is 9.52. The molecule has 0 bridgehead atoms. The van der Waals surface area contributed by atoms with Crippen LogP contribution in [0.3, 0.4) is 0 Å². The molecular weight excluding hydrogens is 304 g/mol. The van der Waals surface area contributed by atoms with Crippen molar-refractivity contribution >= 4 is 34.2 Å². The number of fused-ring (bicyclic) bond motifs is 1. The Morgan fingerprint density at radius 1 is 1.45 bits per heavy atom. The number of hydrogen-bond donors (Lipinski definition) is 0. The summed E-state index contributed by atoms with van der Waals surface area (Å²) >= 11 is 12.0. The van der Waals surface area contributed by atoms with Crippen LogP contribution in [0.2, 0.25) is 10.2 Å². The van der Waals surface area contributed by atoms with Gasteiger partial charge in [0, 0.05) is 5.92 Å². The fourth-order valence-electron chi connectivity index (χ4n) is 2.64. The molecule has 0 amide bonds. The highest BCUT2D eigenvalue weighted by Crippen LogP contribution is 2.39. The van der Waals surface area contributed by atoms with Gasteiger partial charge in [-0.15, -0.1) is 0 Å². The fourth-order valence-corrected chi connectivity index (χ4v) is 3.12. The van der Waals surface area contributed by atoms with Crippen LogP contribution >= 0.6 is 23.2 Å². The summed E-state index contributed by atoms with van der Waals surface area (Å²) in [7, 11) is 0. The van der Waals surface area contributed by atoms with Gasteiger partial charge in [0.15, 0.2) is 18.0 Å². The molecule has 1 fully saturated rings. The molecule has 20 heavy (non-hydrogen) atoms. The van der Waals surface area contributed by atoms with Crippen molar-refractivity contribution in [2.75, 3.05) is 0 Å². The van der Waals surface area contributed by atoms with Crippen molar-refractivity contribution in [2.45, 2.75) is 38.8 Å². The highest BCUT2D eigenvalue weighted by molar-refractivity contribution is 6.37. The van der Waals surface area contributed by atoms with Crippen LogP contribution in [-0.4, -0.2) is 27.0 Å². The third-order valence-corrected chi connectivity index (χ3v) is 4.31. The van der Waals surface area contributed by atoms with Crippen LogP contribution in [0.1, 0.15) is 26.5 Å². The SMILES string of the molecule is CC[C@H]1O[C@@H](n2ncc3c(Cl)cc(Cl)nc32)[C@@H](F)[C@@H]1C. The number of halogens is 3. The predicted octanol–water partition coefficient (Wildman–Crippen LogP) is 4.02. The number of aromatic nitrogens is 3. The average Bonchev–Trinajstić information content (AvgIpc) is 2.93. The van der Waals surface area contributed by atoms with Crippen LogP contribution in [0.15, 0.2) is 12.3 Å². The lowest BCUT2D eigenvalue weighted by Gasteiger charge is -2.14. The van der Waals surface area contributed by atoms with Crippen molar-refractivity contribution in [3.05, 3.63) is 22.4 Å². The zero-order valence-electron chi connectivity index (χ0n) is 11.1. The molecule has 0 aromatic carbocycles. The largest absolute Gasteiger partial charge is 0.350 e. The van der Waals surface area contributed by atoms with Gasteiger partial charge in [0.05, 0.1) is 22.7 Å². The Labute approximate surface area is 125 Å². The molecule has 108 valence electrons. The third kappa shape index (κ3) is 2.08. The fraction of sp³-hybridized carbons (Fsp3) is 0.538. The maximum absolute atomic E-state index is 14.4. The summed E-state index contributed by atoms with van der Waals surface area (Å²) in [6.07, 6.45) is 0.272. The van der Waals surface area contributed by atoms with E-state index in [1.807, 2.05) is 13.8 Å². The molecule has 0 N–H and O–H groups in total. The zero-order chi connectivity index (χ0) is 14.4. The summed E-state index contributed by atoms with van der Waals surface area (Å²) in [5.74, 6) is -0.182. The van der Waals surface area contributed by atoms with Crippen molar-refractivity contribution in [2.24, 2.45) is 5.92 Å². The second-order valence-electron chi connectivity index (χ2n) is 5.03. The highest BCUT2D eigenvalue weighted by Gasteiger charge is 2.43. The summed E-state index contributed by atoms with van der Waals surface area (Å²) in [5.41, 5.74) is 0.444. The lowest BCUT2D eigenvalue weighted by Crippen LogP contribution is -2.21. The summed E-state index contributed by atoms with van der Waals surface area (Å²) in [4.78, 5) is 4.19. The van der Waals surface area contributed by atoms with Gasteiger partial charge in [-0.1, -0.05) is 37.0 Å². The van der Waals surface area contributed by atoms with Gasteiger partial charge >= 0.3 is 0 Å². The van der Waals surface area contributed by atoms with Gasteiger partial charge in [0.1, 0.15) is 5.15 Å².